The van der Waals surface area contributed by atoms with E-state index in [1.807, 2.05) is 18.2 Å². The van der Waals surface area contributed by atoms with Crippen LogP contribution in [0.4, 0.5) is 0 Å². The molecule has 0 aromatic heterocycles. The van der Waals surface area contributed by atoms with Crippen LogP contribution in [0.1, 0.15) is 29.7 Å². The average Bonchev–Trinajstić information content (AvgIpc) is 2.80. The van der Waals surface area contributed by atoms with E-state index in [2.05, 4.69) is 42.6 Å². The van der Waals surface area contributed by atoms with Crippen LogP contribution in [-0.4, -0.2) is 6.04 Å². The van der Waals surface area contributed by atoms with Crippen molar-refractivity contribution in [1.82, 2.24) is 5.32 Å². The van der Waals surface area contributed by atoms with Crippen LogP contribution in [0.15, 0.2) is 48.5 Å². The molecule has 98 valence electrons. The minimum absolute atomic E-state index is 0.331. The molecule has 1 aliphatic rings. The predicted octanol–water partition coefficient (Wildman–Crippen LogP) is 4.16. The van der Waals surface area contributed by atoms with Crippen LogP contribution < -0.4 is 5.32 Å². The fourth-order valence-corrected chi connectivity index (χ4v) is 3.10. The molecule has 0 heterocycles. The monoisotopic (exact) mass is 271 g/mol. The Bertz CT molecular complexity index is 554. The molecule has 0 amide bonds. The maximum atomic E-state index is 6.05. The Balaban J connectivity index is 1.67. The number of hydrogen-bond donors (Lipinski definition) is 1. The molecule has 1 unspecified atom stereocenters. The van der Waals surface area contributed by atoms with Crippen molar-refractivity contribution in [3.05, 3.63) is 70.2 Å². The van der Waals surface area contributed by atoms with E-state index in [1.165, 1.54) is 16.7 Å². The van der Waals surface area contributed by atoms with Gasteiger partial charge in [0.05, 0.1) is 0 Å². The third-order valence-electron chi connectivity index (χ3n) is 3.89. The second kappa shape index (κ2) is 5.36. The summed E-state index contributed by atoms with van der Waals surface area (Å²) in [6, 6.07) is 17.7. The highest BCUT2D eigenvalue weighted by molar-refractivity contribution is 6.30. The fourth-order valence-electron chi connectivity index (χ4n) is 2.90. The van der Waals surface area contributed by atoms with Crippen LogP contribution in [0, 0.1) is 0 Å². The van der Waals surface area contributed by atoms with Crippen molar-refractivity contribution in [3.63, 3.8) is 0 Å². The summed E-state index contributed by atoms with van der Waals surface area (Å²) in [7, 11) is 0. The van der Waals surface area contributed by atoms with Gasteiger partial charge in [-0.3, -0.25) is 0 Å². The molecular weight excluding hydrogens is 254 g/mol. The number of hydrogen-bond acceptors (Lipinski definition) is 1. The molecule has 3 rings (SSSR count). The summed E-state index contributed by atoms with van der Waals surface area (Å²) in [5.41, 5.74) is 4.22. The van der Waals surface area contributed by atoms with Crippen molar-refractivity contribution in [2.75, 3.05) is 0 Å². The molecule has 0 radical (unpaired) electrons. The lowest BCUT2D eigenvalue weighted by Crippen LogP contribution is -2.32. The molecule has 1 nitrogen and oxygen atoms in total. The van der Waals surface area contributed by atoms with Gasteiger partial charge in [-0.2, -0.15) is 0 Å². The van der Waals surface area contributed by atoms with Crippen molar-refractivity contribution in [2.24, 2.45) is 0 Å². The van der Waals surface area contributed by atoms with Crippen LogP contribution in [0.2, 0.25) is 5.02 Å². The number of nitrogens with one attached hydrogen (secondary N) is 1. The van der Waals surface area contributed by atoms with Gasteiger partial charge in [0.25, 0.3) is 0 Å². The zero-order chi connectivity index (χ0) is 13.2. The van der Waals surface area contributed by atoms with Gasteiger partial charge in [-0.1, -0.05) is 48.0 Å². The lowest BCUT2D eigenvalue weighted by molar-refractivity contribution is 0.467. The Morgan fingerprint density at radius 1 is 1.05 bits per heavy atom. The SMILES string of the molecule is CC(NC1Cc2ccccc2C1)c1cccc(Cl)c1. The highest BCUT2D eigenvalue weighted by Gasteiger charge is 2.22. The molecule has 0 bridgehead atoms. The minimum Gasteiger partial charge on any atom is -0.307 e. The van der Waals surface area contributed by atoms with Crippen molar-refractivity contribution < 1.29 is 0 Å². The number of fused-ring (bicyclic) bond motifs is 1. The molecule has 0 saturated heterocycles. The lowest BCUT2D eigenvalue weighted by atomic mass is 10.1. The van der Waals surface area contributed by atoms with Crippen LogP contribution in [0.25, 0.3) is 0 Å². The van der Waals surface area contributed by atoms with E-state index in [0.717, 1.165) is 17.9 Å². The van der Waals surface area contributed by atoms with E-state index >= 15 is 0 Å². The zero-order valence-corrected chi connectivity index (χ0v) is 11.8. The van der Waals surface area contributed by atoms with Gasteiger partial charge < -0.3 is 5.32 Å². The first-order chi connectivity index (χ1) is 9.22. The summed E-state index contributed by atoms with van der Waals surface area (Å²) >= 11 is 6.05. The van der Waals surface area contributed by atoms with Crippen molar-refractivity contribution in [3.8, 4) is 0 Å². The Hall–Kier alpha value is -1.31. The van der Waals surface area contributed by atoms with E-state index in [0.29, 0.717) is 12.1 Å². The normalized spacial score (nSPS) is 16.3. The Morgan fingerprint density at radius 3 is 2.37 bits per heavy atom. The molecule has 1 aliphatic carbocycles. The lowest BCUT2D eigenvalue weighted by Gasteiger charge is -2.19. The highest BCUT2D eigenvalue weighted by Crippen LogP contribution is 2.24. The first kappa shape index (κ1) is 12.7. The van der Waals surface area contributed by atoms with E-state index in [1.54, 1.807) is 0 Å². The fraction of sp³-hybridized carbons (Fsp3) is 0.294. The zero-order valence-electron chi connectivity index (χ0n) is 11.1. The van der Waals surface area contributed by atoms with E-state index in [-0.39, 0.29) is 0 Å². The standard InChI is InChI=1S/C17H18ClN/c1-12(13-7-4-8-16(18)9-13)19-17-10-14-5-2-3-6-15(14)11-17/h2-9,12,17,19H,10-11H2,1H3. The van der Waals surface area contributed by atoms with Gasteiger partial charge in [0, 0.05) is 17.1 Å². The van der Waals surface area contributed by atoms with Gasteiger partial charge in [0.2, 0.25) is 0 Å². The second-order valence-electron chi connectivity index (χ2n) is 5.32. The third-order valence-corrected chi connectivity index (χ3v) is 4.12. The smallest absolute Gasteiger partial charge is 0.0409 e. The Kier molecular flexibility index (Phi) is 3.58. The first-order valence-corrected chi connectivity index (χ1v) is 7.18. The van der Waals surface area contributed by atoms with Crippen molar-refractivity contribution in [1.29, 1.82) is 0 Å². The van der Waals surface area contributed by atoms with E-state index in [4.69, 9.17) is 11.6 Å². The molecule has 0 aliphatic heterocycles. The topological polar surface area (TPSA) is 12.0 Å². The third kappa shape index (κ3) is 2.83. The Morgan fingerprint density at radius 2 is 1.74 bits per heavy atom. The van der Waals surface area contributed by atoms with Gasteiger partial charge in [0.1, 0.15) is 0 Å². The molecule has 2 heteroatoms. The average molecular weight is 272 g/mol. The quantitative estimate of drug-likeness (QED) is 0.884. The molecule has 1 N–H and O–H groups in total. The molecule has 0 spiro atoms. The number of benzene rings is 2. The number of halogens is 1. The molecule has 19 heavy (non-hydrogen) atoms. The van der Waals surface area contributed by atoms with E-state index < -0.39 is 0 Å². The summed E-state index contributed by atoms with van der Waals surface area (Å²) < 4.78 is 0. The van der Waals surface area contributed by atoms with Crippen LogP contribution in [-0.2, 0) is 12.8 Å². The predicted molar refractivity (Wildman–Crippen MR) is 80.6 cm³/mol. The molecule has 2 aromatic rings. The Labute approximate surface area is 119 Å². The summed E-state index contributed by atoms with van der Waals surface area (Å²) in [5.74, 6) is 0. The van der Waals surface area contributed by atoms with Gasteiger partial charge in [-0.05, 0) is 48.6 Å². The molecule has 0 saturated carbocycles. The second-order valence-corrected chi connectivity index (χ2v) is 5.75. The van der Waals surface area contributed by atoms with Crippen LogP contribution >= 0.6 is 11.6 Å². The maximum absolute atomic E-state index is 6.05. The van der Waals surface area contributed by atoms with Crippen molar-refractivity contribution in [2.45, 2.75) is 31.8 Å². The summed E-state index contributed by atoms with van der Waals surface area (Å²) in [5, 5.41) is 4.52. The molecule has 1 atom stereocenters. The van der Waals surface area contributed by atoms with Crippen LogP contribution in [0.5, 0.6) is 0 Å². The van der Waals surface area contributed by atoms with Gasteiger partial charge in [0.15, 0.2) is 0 Å². The van der Waals surface area contributed by atoms with Gasteiger partial charge in [-0.25, -0.2) is 0 Å². The first-order valence-electron chi connectivity index (χ1n) is 6.80. The summed E-state index contributed by atoms with van der Waals surface area (Å²) in [6.45, 7) is 2.20. The largest absolute Gasteiger partial charge is 0.307 e. The van der Waals surface area contributed by atoms with Crippen molar-refractivity contribution >= 4 is 11.6 Å². The van der Waals surface area contributed by atoms with E-state index in [9.17, 15) is 0 Å². The molecular formula is C17H18ClN. The summed E-state index contributed by atoms with van der Waals surface area (Å²) in [4.78, 5) is 0. The minimum atomic E-state index is 0.331. The van der Waals surface area contributed by atoms with Gasteiger partial charge >= 0.3 is 0 Å². The highest BCUT2D eigenvalue weighted by atomic mass is 35.5. The summed E-state index contributed by atoms with van der Waals surface area (Å²) in [6.07, 6.45) is 2.25. The molecule has 2 aromatic carbocycles. The van der Waals surface area contributed by atoms with Gasteiger partial charge in [-0.15, -0.1) is 0 Å². The maximum Gasteiger partial charge on any atom is 0.0409 e. The number of rotatable bonds is 3. The molecule has 0 fully saturated rings. The van der Waals surface area contributed by atoms with Crippen LogP contribution in [0.3, 0.4) is 0 Å².